The van der Waals surface area contributed by atoms with Gasteiger partial charge in [-0.25, -0.2) is 0 Å². The Hall–Kier alpha value is -2.32. The van der Waals surface area contributed by atoms with Gasteiger partial charge in [0.1, 0.15) is 11.8 Å². The van der Waals surface area contributed by atoms with Gasteiger partial charge in [0.2, 0.25) is 0 Å². The highest BCUT2D eigenvalue weighted by Crippen LogP contribution is 2.24. The molecule has 0 radical (unpaired) electrons. The molecule has 24 heavy (non-hydrogen) atoms. The van der Waals surface area contributed by atoms with E-state index >= 15 is 0 Å². The van der Waals surface area contributed by atoms with Crippen LogP contribution in [0.15, 0.2) is 83.5 Å². The third-order valence-corrected chi connectivity index (χ3v) is 4.63. The summed E-state index contributed by atoms with van der Waals surface area (Å²) in [4.78, 5) is 0. The van der Waals surface area contributed by atoms with Crippen molar-refractivity contribution in [2.24, 2.45) is 0 Å². The molecule has 2 heteroatoms. The normalized spacial score (nSPS) is 13.5. The summed E-state index contributed by atoms with van der Waals surface area (Å²) in [6.07, 6.45) is 3.92. The van der Waals surface area contributed by atoms with Gasteiger partial charge < -0.3 is 9.73 Å². The number of hydrogen-bond acceptors (Lipinski definition) is 1. The summed E-state index contributed by atoms with van der Waals surface area (Å²) in [7, 11) is 0. The molecular formula is C22H26NO+. The Morgan fingerprint density at radius 1 is 0.875 bits per heavy atom. The second-order valence-electron chi connectivity index (χ2n) is 6.41. The molecule has 0 bridgehead atoms. The summed E-state index contributed by atoms with van der Waals surface area (Å²) in [6.45, 7) is 3.36. The van der Waals surface area contributed by atoms with Crippen LogP contribution in [0.25, 0.3) is 0 Å². The van der Waals surface area contributed by atoms with Crippen LogP contribution in [0, 0.1) is 0 Å². The van der Waals surface area contributed by atoms with Gasteiger partial charge in [0, 0.05) is 17.9 Å². The lowest BCUT2D eigenvalue weighted by Crippen LogP contribution is -2.84. The maximum absolute atomic E-state index is 5.70. The fourth-order valence-corrected chi connectivity index (χ4v) is 3.21. The van der Waals surface area contributed by atoms with E-state index in [9.17, 15) is 0 Å². The number of nitrogens with two attached hydrogens (primary N) is 1. The van der Waals surface area contributed by atoms with Crippen molar-refractivity contribution < 1.29 is 9.73 Å². The Balaban J connectivity index is 1.58. The molecular weight excluding hydrogens is 294 g/mol. The highest BCUT2D eigenvalue weighted by atomic mass is 16.3. The summed E-state index contributed by atoms with van der Waals surface area (Å²) in [5.74, 6) is 1.53. The lowest BCUT2D eigenvalue weighted by Gasteiger charge is -2.16. The highest BCUT2D eigenvalue weighted by molar-refractivity contribution is 5.19. The average Bonchev–Trinajstić information content (AvgIpc) is 3.17. The lowest BCUT2D eigenvalue weighted by atomic mass is 9.93. The first-order chi connectivity index (χ1) is 11.8. The Morgan fingerprint density at radius 3 is 2.25 bits per heavy atom. The topological polar surface area (TPSA) is 29.8 Å². The highest BCUT2D eigenvalue weighted by Gasteiger charge is 2.17. The molecule has 1 heterocycles. The summed E-state index contributed by atoms with van der Waals surface area (Å²) >= 11 is 0. The molecule has 0 aliphatic rings. The monoisotopic (exact) mass is 320 g/mol. The quantitative estimate of drug-likeness (QED) is 0.658. The molecule has 124 valence electrons. The zero-order valence-electron chi connectivity index (χ0n) is 14.3. The molecule has 0 unspecified atom stereocenters. The molecule has 2 aromatic carbocycles. The van der Waals surface area contributed by atoms with Crippen molar-refractivity contribution in [3.8, 4) is 0 Å². The van der Waals surface area contributed by atoms with Gasteiger partial charge in [-0.2, -0.15) is 0 Å². The van der Waals surface area contributed by atoms with Crippen molar-refractivity contribution in [3.05, 3.63) is 95.9 Å². The van der Waals surface area contributed by atoms with E-state index in [1.165, 1.54) is 11.1 Å². The van der Waals surface area contributed by atoms with Crippen LogP contribution in [-0.2, 0) is 6.42 Å². The van der Waals surface area contributed by atoms with Gasteiger partial charge in [-0.1, -0.05) is 60.7 Å². The molecule has 3 rings (SSSR count). The second kappa shape index (κ2) is 8.51. The fraction of sp³-hybridized carbons (Fsp3) is 0.273. The first kappa shape index (κ1) is 16.5. The Kier molecular flexibility index (Phi) is 5.86. The van der Waals surface area contributed by atoms with E-state index in [2.05, 4.69) is 79.0 Å². The van der Waals surface area contributed by atoms with E-state index in [1.54, 1.807) is 6.26 Å². The van der Waals surface area contributed by atoms with E-state index in [0.717, 1.165) is 25.1 Å². The van der Waals surface area contributed by atoms with Gasteiger partial charge in [0.15, 0.2) is 0 Å². The van der Waals surface area contributed by atoms with E-state index in [4.69, 9.17) is 4.42 Å². The van der Waals surface area contributed by atoms with Crippen LogP contribution in [0.4, 0.5) is 0 Å². The minimum Gasteiger partial charge on any atom is -0.469 e. The minimum atomic E-state index is 0.432. The molecule has 0 aliphatic carbocycles. The SMILES string of the molecule is C[C@H]([NH2+]CC[C@H](Cc1ccccc1)c1ccco1)c1ccccc1. The summed E-state index contributed by atoms with van der Waals surface area (Å²) in [5.41, 5.74) is 2.75. The first-order valence-corrected chi connectivity index (χ1v) is 8.78. The van der Waals surface area contributed by atoms with Crippen LogP contribution in [0.2, 0.25) is 0 Å². The van der Waals surface area contributed by atoms with E-state index in [0.29, 0.717) is 12.0 Å². The van der Waals surface area contributed by atoms with Crippen LogP contribution in [-0.4, -0.2) is 6.54 Å². The van der Waals surface area contributed by atoms with Crippen molar-refractivity contribution in [1.82, 2.24) is 0 Å². The van der Waals surface area contributed by atoms with Crippen molar-refractivity contribution >= 4 is 0 Å². The van der Waals surface area contributed by atoms with Gasteiger partial charge >= 0.3 is 0 Å². The van der Waals surface area contributed by atoms with E-state index < -0.39 is 0 Å². The summed E-state index contributed by atoms with van der Waals surface area (Å²) < 4.78 is 5.70. The molecule has 1 aromatic heterocycles. The molecule has 0 spiro atoms. The minimum absolute atomic E-state index is 0.432. The van der Waals surface area contributed by atoms with Gasteiger partial charge in [0.25, 0.3) is 0 Å². The molecule has 0 aliphatic heterocycles. The Labute approximate surface area is 144 Å². The van der Waals surface area contributed by atoms with Crippen LogP contribution in [0.3, 0.4) is 0 Å². The smallest absolute Gasteiger partial charge is 0.109 e. The van der Waals surface area contributed by atoms with Crippen LogP contribution >= 0.6 is 0 Å². The summed E-state index contributed by atoms with van der Waals surface area (Å²) in [5, 5.41) is 2.43. The molecule has 0 saturated carbocycles. The lowest BCUT2D eigenvalue weighted by molar-refractivity contribution is -0.693. The van der Waals surface area contributed by atoms with Gasteiger partial charge in [0.05, 0.1) is 12.8 Å². The van der Waals surface area contributed by atoms with Crippen molar-refractivity contribution in [1.29, 1.82) is 0 Å². The third kappa shape index (κ3) is 4.59. The van der Waals surface area contributed by atoms with Crippen LogP contribution in [0.1, 0.15) is 42.2 Å². The van der Waals surface area contributed by atoms with Crippen LogP contribution in [0.5, 0.6) is 0 Å². The van der Waals surface area contributed by atoms with Crippen molar-refractivity contribution in [2.45, 2.75) is 31.7 Å². The van der Waals surface area contributed by atoms with Gasteiger partial charge in [-0.15, -0.1) is 0 Å². The predicted molar refractivity (Wildman–Crippen MR) is 97.9 cm³/mol. The van der Waals surface area contributed by atoms with E-state index in [-0.39, 0.29) is 0 Å². The maximum atomic E-state index is 5.70. The zero-order chi connectivity index (χ0) is 16.6. The Bertz CT molecular complexity index is 691. The van der Waals surface area contributed by atoms with Crippen molar-refractivity contribution in [3.63, 3.8) is 0 Å². The maximum Gasteiger partial charge on any atom is 0.109 e. The largest absolute Gasteiger partial charge is 0.469 e. The third-order valence-electron chi connectivity index (χ3n) is 4.63. The molecule has 2 N–H and O–H groups in total. The predicted octanol–water partition coefficient (Wildman–Crippen LogP) is 4.32. The molecule has 0 saturated heterocycles. The molecule has 3 aromatic rings. The standard InChI is InChI=1S/C22H25NO/c1-18(20-11-6-3-7-12-20)23-15-14-21(22-13-8-16-24-22)17-19-9-4-2-5-10-19/h2-13,16,18,21,23H,14-15,17H2,1H3/p+1/t18-,21+/m0/s1. The number of hydrogen-bond donors (Lipinski definition) is 1. The molecule has 0 fully saturated rings. The zero-order valence-corrected chi connectivity index (χ0v) is 14.3. The molecule has 2 atom stereocenters. The molecule has 2 nitrogen and oxygen atoms in total. The fourth-order valence-electron chi connectivity index (χ4n) is 3.21. The average molecular weight is 320 g/mol. The Morgan fingerprint density at radius 2 is 1.58 bits per heavy atom. The number of quaternary nitrogens is 1. The van der Waals surface area contributed by atoms with E-state index in [1.807, 2.05) is 6.07 Å². The van der Waals surface area contributed by atoms with Gasteiger partial charge in [-0.3, -0.25) is 0 Å². The first-order valence-electron chi connectivity index (χ1n) is 8.78. The number of furan rings is 1. The van der Waals surface area contributed by atoms with Crippen LogP contribution < -0.4 is 5.32 Å². The second-order valence-corrected chi connectivity index (χ2v) is 6.41. The number of rotatable bonds is 8. The van der Waals surface area contributed by atoms with Gasteiger partial charge in [-0.05, 0) is 31.0 Å². The van der Waals surface area contributed by atoms with Crippen molar-refractivity contribution in [2.75, 3.05) is 6.54 Å². The number of benzene rings is 2. The summed E-state index contributed by atoms with van der Waals surface area (Å²) in [6, 6.07) is 26.0. The molecule has 0 amide bonds.